The van der Waals surface area contributed by atoms with Gasteiger partial charge < -0.3 is 9.90 Å². The second kappa shape index (κ2) is 5.88. The number of hydrogen-bond donors (Lipinski definition) is 0. The first-order chi connectivity index (χ1) is 14.2. The first kappa shape index (κ1) is 16.2. The summed E-state index contributed by atoms with van der Waals surface area (Å²) >= 11 is 0. The molecular formula is C24H17N3O2. The Labute approximate surface area is 165 Å². The molecule has 0 radical (unpaired) electrons. The number of imidazole rings is 1. The minimum Gasteiger partial charge on any atom is -0.550 e. The summed E-state index contributed by atoms with van der Waals surface area (Å²) < 4.78 is 4.15. The van der Waals surface area contributed by atoms with Gasteiger partial charge in [0.15, 0.2) is 5.52 Å². The fraction of sp³-hybridized carbons (Fsp3) is 0.125. The highest BCUT2D eigenvalue weighted by Crippen LogP contribution is 2.37. The lowest BCUT2D eigenvalue weighted by Crippen LogP contribution is -2.34. The number of carbonyl (C=O) groups excluding carboxylic acids is 1. The summed E-state index contributed by atoms with van der Waals surface area (Å²) in [5.41, 5.74) is 4.02. The number of hydrogen-bond acceptors (Lipinski definition) is 3. The van der Waals surface area contributed by atoms with Crippen LogP contribution in [0.25, 0.3) is 49.1 Å². The Kier molecular flexibility index (Phi) is 3.29. The highest BCUT2D eigenvalue weighted by molar-refractivity contribution is 6.29. The largest absolute Gasteiger partial charge is 0.550 e. The molecule has 0 aliphatic heterocycles. The number of aromatic nitrogens is 3. The number of carboxylic acid groups (broad SMARTS) is 1. The van der Waals surface area contributed by atoms with E-state index in [0.717, 1.165) is 33.0 Å². The maximum Gasteiger partial charge on any atom is 0.308 e. The van der Waals surface area contributed by atoms with Gasteiger partial charge in [-0.25, -0.2) is 4.57 Å². The Bertz CT molecular complexity index is 1560. The number of fused-ring (bicyclic) bond motifs is 6. The van der Waals surface area contributed by atoms with Gasteiger partial charge in [0.25, 0.3) is 0 Å². The molecule has 140 valence electrons. The van der Waals surface area contributed by atoms with Gasteiger partial charge in [-0.1, -0.05) is 58.1 Å². The maximum atomic E-state index is 10.9. The third-order valence-electron chi connectivity index (χ3n) is 5.84. The van der Waals surface area contributed by atoms with Crippen molar-refractivity contribution in [3.8, 4) is 0 Å². The molecule has 4 aromatic carbocycles. The summed E-state index contributed by atoms with van der Waals surface area (Å²) in [6.45, 7) is 0.600. The lowest BCUT2D eigenvalue weighted by Gasteiger charge is -2.01. The molecule has 0 aliphatic carbocycles. The SMILES string of the molecule is O=C([O-])CCC[n+]1c2ccccc2n2nc3c(cc21)c1cccc2cccc3c21. The number of aliphatic carboxylic acids is 1. The minimum absolute atomic E-state index is 0.0434. The predicted octanol–water partition coefficient (Wildman–Crippen LogP) is 3.20. The van der Waals surface area contributed by atoms with Gasteiger partial charge in [-0.15, -0.1) is 0 Å². The Hall–Kier alpha value is -3.73. The predicted molar refractivity (Wildman–Crippen MR) is 111 cm³/mol. The molecule has 5 nitrogen and oxygen atoms in total. The molecule has 0 saturated carbocycles. The number of para-hydroxylation sites is 2. The van der Waals surface area contributed by atoms with E-state index in [0.29, 0.717) is 13.0 Å². The van der Waals surface area contributed by atoms with Crippen molar-refractivity contribution in [2.45, 2.75) is 19.4 Å². The van der Waals surface area contributed by atoms with Crippen molar-refractivity contribution in [3.63, 3.8) is 0 Å². The molecule has 0 spiro atoms. The maximum absolute atomic E-state index is 10.9. The Balaban J connectivity index is 1.72. The zero-order chi connectivity index (χ0) is 19.5. The van der Waals surface area contributed by atoms with Gasteiger partial charge in [-0.2, -0.15) is 0 Å². The van der Waals surface area contributed by atoms with Gasteiger partial charge in [-0.05, 0) is 41.1 Å². The highest BCUT2D eigenvalue weighted by Gasteiger charge is 2.23. The minimum atomic E-state index is -1.01. The molecule has 0 amide bonds. The number of carboxylic acids is 1. The quantitative estimate of drug-likeness (QED) is 0.442. The van der Waals surface area contributed by atoms with E-state index >= 15 is 0 Å². The van der Waals surface area contributed by atoms with Gasteiger partial charge in [0, 0.05) is 22.8 Å². The van der Waals surface area contributed by atoms with Crippen LogP contribution in [0.5, 0.6) is 0 Å². The van der Waals surface area contributed by atoms with Gasteiger partial charge in [0.2, 0.25) is 5.52 Å². The van der Waals surface area contributed by atoms with E-state index in [2.05, 4.69) is 59.2 Å². The van der Waals surface area contributed by atoms with Gasteiger partial charge >= 0.3 is 5.65 Å². The summed E-state index contributed by atoms with van der Waals surface area (Å²) in [6.07, 6.45) is 0.561. The average molecular weight is 379 g/mol. The molecule has 5 heteroatoms. The lowest BCUT2D eigenvalue weighted by molar-refractivity contribution is -0.646. The van der Waals surface area contributed by atoms with Crippen molar-refractivity contribution >= 4 is 55.1 Å². The molecule has 2 heterocycles. The molecule has 0 bridgehead atoms. The fourth-order valence-corrected chi connectivity index (χ4v) is 4.61. The van der Waals surface area contributed by atoms with Gasteiger partial charge in [0.1, 0.15) is 5.52 Å². The van der Waals surface area contributed by atoms with Crippen molar-refractivity contribution in [3.05, 3.63) is 66.7 Å². The standard InChI is InChI=1S/C24H17N3O2/c28-22(29)12-5-13-26-19-10-1-2-11-20(19)27-21(26)14-18-16-8-3-6-15-7-4-9-17(23(15)16)24(18)25-27/h1-4,6-11,14H,5,12-13H2. The second-order valence-electron chi connectivity index (χ2n) is 7.50. The molecule has 0 saturated heterocycles. The molecule has 0 fully saturated rings. The third-order valence-corrected chi connectivity index (χ3v) is 5.84. The van der Waals surface area contributed by atoms with E-state index in [1.165, 1.54) is 16.2 Å². The highest BCUT2D eigenvalue weighted by atomic mass is 16.4. The summed E-state index contributed by atoms with van der Waals surface area (Å²) in [4.78, 5) is 10.9. The fourth-order valence-electron chi connectivity index (χ4n) is 4.61. The number of carbonyl (C=O) groups is 1. The molecule has 6 rings (SSSR count). The molecule has 2 aromatic heterocycles. The number of benzene rings is 3. The van der Waals surface area contributed by atoms with E-state index in [1.807, 2.05) is 16.6 Å². The number of nitrogens with zero attached hydrogens (tertiary/aromatic N) is 3. The van der Waals surface area contributed by atoms with Crippen molar-refractivity contribution in [2.75, 3.05) is 0 Å². The second-order valence-corrected chi connectivity index (χ2v) is 7.50. The van der Waals surface area contributed by atoms with E-state index in [-0.39, 0.29) is 6.42 Å². The van der Waals surface area contributed by atoms with E-state index in [4.69, 9.17) is 5.10 Å². The Morgan fingerprint density at radius 3 is 2.59 bits per heavy atom. The topological polar surface area (TPSA) is 61.3 Å². The third kappa shape index (κ3) is 2.24. The van der Waals surface area contributed by atoms with Crippen LogP contribution in [-0.2, 0) is 11.3 Å². The first-order valence-electron chi connectivity index (χ1n) is 9.79. The summed E-state index contributed by atoms with van der Waals surface area (Å²) in [5.74, 6) is -1.01. The summed E-state index contributed by atoms with van der Waals surface area (Å²) in [5, 5.41) is 21.9. The van der Waals surface area contributed by atoms with Crippen LogP contribution in [0, 0.1) is 0 Å². The van der Waals surface area contributed by atoms with E-state index in [9.17, 15) is 9.90 Å². The van der Waals surface area contributed by atoms with Crippen LogP contribution in [0.4, 0.5) is 0 Å². The van der Waals surface area contributed by atoms with Crippen LogP contribution in [0.2, 0.25) is 0 Å². The van der Waals surface area contributed by atoms with Crippen LogP contribution in [0.3, 0.4) is 0 Å². The molecular weight excluding hydrogens is 362 g/mol. The first-order valence-corrected chi connectivity index (χ1v) is 9.79. The van der Waals surface area contributed by atoms with Crippen LogP contribution in [0.1, 0.15) is 12.8 Å². The van der Waals surface area contributed by atoms with Crippen LogP contribution in [-0.4, -0.2) is 15.6 Å². The summed E-state index contributed by atoms with van der Waals surface area (Å²) in [7, 11) is 0. The lowest BCUT2D eigenvalue weighted by atomic mass is 10.1. The average Bonchev–Trinajstić information content (AvgIpc) is 3.22. The molecule has 29 heavy (non-hydrogen) atoms. The van der Waals surface area contributed by atoms with Crippen molar-refractivity contribution in [1.82, 2.24) is 9.61 Å². The van der Waals surface area contributed by atoms with Crippen molar-refractivity contribution < 1.29 is 14.5 Å². The molecule has 6 aromatic rings. The number of rotatable bonds is 4. The van der Waals surface area contributed by atoms with Crippen LogP contribution in [0.15, 0.2) is 66.7 Å². The molecule has 0 aliphatic rings. The van der Waals surface area contributed by atoms with Gasteiger partial charge in [0.05, 0.1) is 6.54 Å². The monoisotopic (exact) mass is 379 g/mol. The van der Waals surface area contributed by atoms with E-state index in [1.54, 1.807) is 0 Å². The molecule has 0 atom stereocenters. The Morgan fingerprint density at radius 2 is 1.76 bits per heavy atom. The smallest absolute Gasteiger partial charge is 0.308 e. The zero-order valence-corrected chi connectivity index (χ0v) is 15.6. The van der Waals surface area contributed by atoms with E-state index < -0.39 is 5.97 Å². The van der Waals surface area contributed by atoms with Crippen LogP contribution >= 0.6 is 0 Å². The van der Waals surface area contributed by atoms with Crippen molar-refractivity contribution in [1.29, 1.82) is 0 Å². The Morgan fingerprint density at radius 1 is 0.966 bits per heavy atom. The van der Waals surface area contributed by atoms with Gasteiger partial charge in [-0.3, -0.25) is 0 Å². The summed E-state index contributed by atoms with van der Waals surface area (Å²) in [6, 6.07) is 23.0. The van der Waals surface area contributed by atoms with Crippen molar-refractivity contribution in [2.24, 2.45) is 0 Å². The number of aryl methyl sites for hydroxylation is 1. The zero-order valence-electron chi connectivity index (χ0n) is 15.6. The molecule has 0 N–H and O–H groups in total. The van der Waals surface area contributed by atoms with Crippen LogP contribution < -0.4 is 9.67 Å². The normalized spacial score (nSPS) is 12.1. The molecule has 0 unspecified atom stereocenters.